The van der Waals surface area contributed by atoms with Gasteiger partial charge in [0.1, 0.15) is 11.5 Å². The van der Waals surface area contributed by atoms with Crippen LogP contribution in [0.25, 0.3) is 0 Å². The first-order valence-electron chi connectivity index (χ1n) is 6.29. The smallest absolute Gasteiger partial charge is 0.275 e. The Hall–Kier alpha value is -2.67. The van der Waals surface area contributed by atoms with E-state index in [2.05, 4.69) is 20.7 Å². The third-order valence-corrected chi connectivity index (χ3v) is 3.58. The molecule has 0 saturated heterocycles. The van der Waals surface area contributed by atoms with Crippen LogP contribution in [0.2, 0.25) is 0 Å². The van der Waals surface area contributed by atoms with Gasteiger partial charge in [-0.15, -0.1) is 11.3 Å². The van der Waals surface area contributed by atoms with Crippen LogP contribution in [0.15, 0.2) is 48.0 Å². The van der Waals surface area contributed by atoms with Gasteiger partial charge in [-0.2, -0.15) is 5.10 Å². The zero-order chi connectivity index (χ0) is 14.7. The van der Waals surface area contributed by atoms with Crippen LogP contribution in [0.1, 0.15) is 10.5 Å². The Kier molecular flexibility index (Phi) is 3.65. The molecule has 106 valence electrons. The normalized spacial score (nSPS) is 10.3. The second kappa shape index (κ2) is 5.76. The largest absolute Gasteiger partial charge is 0.321 e. The van der Waals surface area contributed by atoms with Crippen LogP contribution in [0.3, 0.4) is 0 Å². The molecule has 0 aliphatic carbocycles. The minimum Gasteiger partial charge on any atom is -0.321 e. The van der Waals surface area contributed by atoms with Crippen molar-refractivity contribution in [3.63, 3.8) is 0 Å². The summed E-state index contributed by atoms with van der Waals surface area (Å²) >= 11 is 1.37. The number of nitrogens with one attached hydrogen (secondary N) is 2. The van der Waals surface area contributed by atoms with Crippen molar-refractivity contribution in [2.75, 3.05) is 10.6 Å². The number of carbonyl (C=O) groups is 1. The second-order valence-corrected chi connectivity index (χ2v) is 5.18. The van der Waals surface area contributed by atoms with Crippen LogP contribution in [-0.2, 0) is 7.05 Å². The Morgan fingerprint density at radius 1 is 1.24 bits per heavy atom. The summed E-state index contributed by atoms with van der Waals surface area (Å²) in [6, 6.07) is 11.1. The molecule has 0 fully saturated rings. The molecule has 0 bridgehead atoms. The number of thiazole rings is 1. The highest BCUT2D eigenvalue weighted by Gasteiger charge is 2.11. The Morgan fingerprint density at radius 2 is 2.05 bits per heavy atom. The van der Waals surface area contributed by atoms with Crippen LogP contribution in [-0.4, -0.2) is 20.7 Å². The topological polar surface area (TPSA) is 71.8 Å². The maximum atomic E-state index is 12.1. The number of nitrogens with zero attached hydrogens (tertiary/aromatic N) is 3. The first kappa shape index (κ1) is 13.3. The fraction of sp³-hybridized carbons (Fsp3) is 0.0714. The van der Waals surface area contributed by atoms with Gasteiger partial charge in [-0.3, -0.25) is 9.48 Å². The first-order valence-corrected chi connectivity index (χ1v) is 7.17. The molecule has 0 aliphatic rings. The van der Waals surface area contributed by atoms with E-state index in [4.69, 9.17) is 0 Å². The summed E-state index contributed by atoms with van der Waals surface area (Å²) in [5.74, 6) is 0.592. The maximum absolute atomic E-state index is 12.1. The zero-order valence-corrected chi connectivity index (χ0v) is 12.1. The van der Waals surface area contributed by atoms with E-state index in [0.29, 0.717) is 10.8 Å². The predicted octanol–water partition coefficient (Wildman–Crippen LogP) is 2.87. The Balaban J connectivity index is 1.70. The SMILES string of the molecule is Cn1nccc1Nc1nc(C(=O)Nc2ccccc2)cs1. The number of hydrogen-bond acceptors (Lipinski definition) is 5. The summed E-state index contributed by atoms with van der Waals surface area (Å²) in [5, 5.41) is 12.4. The van der Waals surface area contributed by atoms with Gasteiger partial charge in [-0.05, 0) is 12.1 Å². The zero-order valence-electron chi connectivity index (χ0n) is 11.3. The van der Waals surface area contributed by atoms with Crippen LogP contribution in [0, 0.1) is 0 Å². The maximum Gasteiger partial charge on any atom is 0.275 e. The minimum absolute atomic E-state index is 0.226. The van der Waals surface area contributed by atoms with Gasteiger partial charge in [0.15, 0.2) is 5.13 Å². The molecule has 1 aromatic carbocycles. The monoisotopic (exact) mass is 299 g/mol. The number of rotatable bonds is 4. The predicted molar refractivity (Wildman–Crippen MR) is 83.0 cm³/mol. The molecule has 0 saturated carbocycles. The van der Waals surface area contributed by atoms with Gasteiger partial charge in [0.05, 0.1) is 6.20 Å². The molecule has 0 unspecified atom stereocenters. The standard InChI is InChI=1S/C14H13N5OS/c1-19-12(7-8-15-19)18-14-17-11(9-21-14)13(20)16-10-5-3-2-4-6-10/h2-9H,1H3,(H,16,20)(H,17,18). The highest BCUT2D eigenvalue weighted by atomic mass is 32.1. The third-order valence-electron chi connectivity index (χ3n) is 2.82. The van der Waals surface area contributed by atoms with Crippen molar-refractivity contribution in [2.24, 2.45) is 7.05 Å². The number of hydrogen-bond donors (Lipinski definition) is 2. The lowest BCUT2D eigenvalue weighted by Gasteiger charge is -2.03. The number of amides is 1. The molecule has 2 N–H and O–H groups in total. The molecule has 2 heterocycles. The van der Waals surface area contributed by atoms with Crippen molar-refractivity contribution < 1.29 is 4.79 Å². The molecule has 2 aromatic heterocycles. The minimum atomic E-state index is -0.226. The lowest BCUT2D eigenvalue weighted by atomic mass is 10.3. The molecular weight excluding hydrogens is 286 g/mol. The summed E-state index contributed by atoms with van der Waals surface area (Å²) in [4.78, 5) is 16.4. The van der Waals surface area contributed by atoms with Gasteiger partial charge < -0.3 is 10.6 Å². The molecule has 0 radical (unpaired) electrons. The van der Waals surface area contributed by atoms with E-state index in [0.717, 1.165) is 11.5 Å². The highest BCUT2D eigenvalue weighted by molar-refractivity contribution is 7.14. The summed E-state index contributed by atoms with van der Waals surface area (Å²) in [6.45, 7) is 0. The van der Waals surface area contributed by atoms with Crippen molar-refractivity contribution >= 4 is 33.9 Å². The summed E-state index contributed by atoms with van der Waals surface area (Å²) in [5.41, 5.74) is 1.13. The average molecular weight is 299 g/mol. The summed E-state index contributed by atoms with van der Waals surface area (Å²) in [7, 11) is 1.83. The molecule has 0 aliphatic heterocycles. The second-order valence-electron chi connectivity index (χ2n) is 4.32. The van der Waals surface area contributed by atoms with E-state index < -0.39 is 0 Å². The van der Waals surface area contributed by atoms with Gasteiger partial charge in [0.2, 0.25) is 0 Å². The van der Waals surface area contributed by atoms with Crippen LogP contribution in [0.5, 0.6) is 0 Å². The van der Waals surface area contributed by atoms with Gasteiger partial charge in [-0.25, -0.2) is 4.98 Å². The summed E-state index contributed by atoms with van der Waals surface area (Å²) < 4.78 is 1.70. The van der Waals surface area contributed by atoms with E-state index in [9.17, 15) is 4.79 Å². The van der Waals surface area contributed by atoms with E-state index in [1.165, 1.54) is 11.3 Å². The Bertz CT molecular complexity index is 750. The fourth-order valence-electron chi connectivity index (χ4n) is 1.76. The van der Waals surface area contributed by atoms with E-state index in [1.54, 1.807) is 16.3 Å². The van der Waals surface area contributed by atoms with Gasteiger partial charge >= 0.3 is 0 Å². The first-order chi connectivity index (χ1) is 10.2. The quantitative estimate of drug-likeness (QED) is 0.777. The van der Waals surface area contributed by atoms with Crippen molar-refractivity contribution in [3.8, 4) is 0 Å². The van der Waals surface area contributed by atoms with Gasteiger partial charge in [0.25, 0.3) is 5.91 Å². The molecule has 3 aromatic rings. The number of benzene rings is 1. The van der Waals surface area contributed by atoms with Crippen molar-refractivity contribution in [1.82, 2.24) is 14.8 Å². The molecule has 0 spiro atoms. The molecule has 7 heteroatoms. The van der Waals surface area contributed by atoms with Crippen LogP contribution >= 0.6 is 11.3 Å². The van der Waals surface area contributed by atoms with Gasteiger partial charge in [0, 0.05) is 24.2 Å². The summed E-state index contributed by atoms with van der Waals surface area (Å²) in [6.07, 6.45) is 1.69. The average Bonchev–Trinajstić information content (AvgIpc) is 3.11. The van der Waals surface area contributed by atoms with E-state index >= 15 is 0 Å². The van der Waals surface area contributed by atoms with Crippen LogP contribution < -0.4 is 10.6 Å². The molecular formula is C14H13N5OS. The van der Waals surface area contributed by atoms with Crippen molar-refractivity contribution in [2.45, 2.75) is 0 Å². The molecule has 3 rings (SSSR count). The number of anilines is 3. The molecule has 1 amide bonds. The fourth-order valence-corrected chi connectivity index (χ4v) is 2.46. The molecule has 6 nitrogen and oxygen atoms in total. The van der Waals surface area contributed by atoms with Crippen molar-refractivity contribution in [1.29, 1.82) is 0 Å². The van der Waals surface area contributed by atoms with Gasteiger partial charge in [-0.1, -0.05) is 18.2 Å². The Morgan fingerprint density at radius 3 is 2.76 bits per heavy atom. The van der Waals surface area contributed by atoms with Crippen LogP contribution in [0.4, 0.5) is 16.6 Å². The number of carbonyl (C=O) groups excluding carboxylic acids is 1. The highest BCUT2D eigenvalue weighted by Crippen LogP contribution is 2.21. The lowest BCUT2D eigenvalue weighted by molar-refractivity contribution is 0.102. The van der Waals surface area contributed by atoms with E-state index in [1.807, 2.05) is 43.4 Å². The number of para-hydroxylation sites is 1. The number of aryl methyl sites for hydroxylation is 1. The Labute approximate surface area is 125 Å². The third kappa shape index (κ3) is 3.09. The lowest BCUT2D eigenvalue weighted by Crippen LogP contribution is -2.12. The van der Waals surface area contributed by atoms with E-state index in [-0.39, 0.29) is 5.91 Å². The molecule has 0 atom stereocenters. The number of aromatic nitrogens is 3. The molecule has 21 heavy (non-hydrogen) atoms. The van der Waals surface area contributed by atoms with Crippen molar-refractivity contribution in [3.05, 3.63) is 53.7 Å².